The Hall–Kier alpha value is -1.51. The zero-order valence-electron chi connectivity index (χ0n) is 25.4. The number of esters is 2. The molecule has 234 valence electrons. The number of hydrogen-bond acceptors (Lipinski definition) is 8. The average Bonchev–Trinajstić information content (AvgIpc) is 2.88. The van der Waals surface area contributed by atoms with Gasteiger partial charge in [-0.05, 0) is 38.5 Å². The molecule has 0 saturated carbocycles. The van der Waals surface area contributed by atoms with Crippen LogP contribution < -0.4 is 4.89 Å². The first-order valence-electron chi connectivity index (χ1n) is 15.0. The summed E-state index contributed by atoms with van der Waals surface area (Å²) in [6.07, 6.45) is 17.4. The van der Waals surface area contributed by atoms with Crippen molar-refractivity contribution in [2.45, 2.75) is 109 Å². The summed E-state index contributed by atoms with van der Waals surface area (Å²) in [5.41, 5.74) is 0. The van der Waals surface area contributed by atoms with E-state index in [1.165, 1.54) is 0 Å². The van der Waals surface area contributed by atoms with Crippen LogP contribution in [0.5, 0.6) is 0 Å². The Bertz CT molecular complexity index is 738. The van der Waals surface area contributed by atoms with Gasteiger partial charge in [-0.25, -0.2) is 0 Å². The van der Waals surface area contributed by atoms with Gasteiger partial charge in [0.2, 0.25) is 0 Å². The van der Waals surface area contributed by atoms with Crippen molar-refractivity contribution in [3.05, 3.63) is 25.3 Å². The van der Waals surface area contributed by atoms with Gasteiger partial charge >= 0.3 is 11.9 Å². The van der Waals surface area contributed by atoms with Crippen molar-refractivity contribution in [2.75, 3.05) is 47.5 Å². The summed E-state index contributed by atoms with van der Waals surface area (Å²) in [4.78, 5) is 36.8. The highest BCUT2D eigenvalue weighted by atomic mass is 31.2. The molecule has 0 rings (SSSR count). The normalized spacial score (nSPS) is 13.8. The van der Waals surface area contributed by atoms with E-state index in [0.29, 0.717) is 23.9 Å². The zero-order chi connectivity index (χ0) is 30.1. The van der Waals surface area contributed by atoms with Crippen LogP contribution >= 0.6 is 7.82 Å². The predicted molar refractivity (Wildman–Crippen MR) is 158 cm³/mol. The fourth-order valence-corrected chi connectivity index (χ4v) is 4.52. The molecule has 0 aromatic carbocycles. The zero-order valence-corrected chi connectivity index (χ0v) is 26.3. The second kappa shape index (κ2) is 24.1. The molecule has 0 radical (unpaired) electrons. The van der Waals surface area contributed by atoms with E-state index in [1.807, 2.05) is 33.3 Å². The Balaban J connectivity index is 4.56. The smallest absolute Gasteiger partial charge is 0.306 e. The largest absolute Gasteiger partial charge is 0.756 e. The van der Waals surface area contributed by atoms with Crippen molar-refractivity contribution >= 4 is 19.8 Å². The Kier molecular flexibility index (Phi) is 23.2. The van der Waals surface area contributed by atoms with Gasteiger partial charge in [0.05, 0.1) is 27.7 Å². The fraction of sp³-hybridized carbons (Fsp3) is 0.800. The molecule has 0 bridgehead atoms. The van der Waals surface area contributed by atoms with Gasteiger partial charge in [-0.15, -0.1) is 13.2 Å². The van der Waals surface area contributed by atoms with Crippen LogP contribution in [0, 0.1) is 0 Å². The number of quaternary nitrogens is 1. The van der Waals surface area contributed by atoms with Gasteiger partial charge in [0.1, 0.15) is 19.8 Å². The summed E-state index contributed by atoms with van der Waals surface area (Å²) >= 11 is 0. The van der Waals surface area contributed by atoms with E-state index in [2.05, 4.69) is 13.2 Å². The fourth-order valence-electron chi connectivity index (χ4n) is 3.79. The molecular weight excluding hydrogens is 533 g/mol. The van der Waals surface area contributed by atoms with E-state index in [0.717, 1.165) is 77.0 Å². The quantitative estimate of drug-likeness (QED) is 0.0346. The summed E-state index contributed by atoms with van der Waals surface area (Å²) in [6.45, 7) is 7.13. The summed E-state index contributed by atoms with van der Waals surface area (Å²) < 4.78 is 33.3. The number of phosphoric ester groups is 1. The van der Waals surface area contributed by atoms with Gasteiger partial charge in [0.15, 0.2) is 6.10 Å². The highest BCUT2D eigenvalue weighted by molar-refractivity contribution is 7.45. The lowest BCUT2D eigenvalue weighted by Crippen LogP contribution is -2.37. The standard InChI is InChI=1S/C30H56NO8P/c1-6-8-10-12-14-16-18-20-22-29(32)36-26-28(27-38-40(34,35)37-25-24-31(3,4)5)39-30(33)23-21-19-17-15-13-11-9-7-2/h6-7,28H,1-2,8-27H2,3-5H3. The maximum absolute atomic E-state index is 12.4. The molecule has 0 amide bonds. The number of allylic oxidation sites excluding steroid dienone is 2. The SMILES string of the molecule is C=CCCCCCCCCC(=O)OCC(COP(=O)([O-])OCC[N+](C)(C)C)OC(=O)CCCCCCCCC=C. The van der Waals surface area contributed by atoms with Crippen LogP contribution in [0.25, 0.3) is 0 Å². The lowest BCUT2D eigenvalue weighted by Gasteiger charge is -2.28. The molecule has 0 spiro atoms. The molecule has 0 aliphatic heterocycles. The van der Waals surface area contributed by atoms with E-state index in [9.17, 15) is 19.0 Å². The van der Waals surface area contributed by atoms with Crippen molar-refractivity contribution in [1.29, 1.82) is 0 Å². The number of rotatable bonds is 28. The number of likely N-dealkylation sites (N-methyl/N-ethyl adjacent to an activating group) is 1. The lowest BCUT2D eigenvalue weighted by molar-refractivity contribution is -0.870. The first-order chi connectivity index (χ1) is 19.0. The van der Waals surface area contributed by atoms with Crippen LogP contribution in [0.1, 0.15) is 103 Å². The topological polar surface area (TPSA) is 111 Å². The van der Waals surface area contributed by atoms with Crippen molar-refractivity contribution in [2.24, 2.45) is 0 Å². The lowest BCUT2D eigenvalue weighted by atomic mass is 10.1. The first kappa shape index (κ1) is 38.5. The molecule has 40 heavy (non-hydrogen) atoms. The molecule has 0 aliphatic carbocycles. The highest BCUT2D eigenvalue weighted by Crippen LogP contribution is 2.38. The van der Waals surface area contributed by atoms with Gasteiger partial charge in [-0.2, -0.15) is 0 Å². The molecule has 0 aliphatic rings. The van der Waals surface area contributed by atoms with Crippen molar-refractivity contribution in [1.82, 2.24) is 0 Å². The van der Waals surface area contributed by atoms with E-state index in [-0.39, 0.29) is 26.1 Å². The molecule has 9 nitrogen and oxygen atoms in total. The molecular formula is C30H56NO8P. The maximum atomic E-state index is 12.4. The minimum atomic E-state index is -4.60. The van der Waals surface area contributed by atoms with E-state index in [4.69, 9.17) is 18.5 Å². The van der Waals surface area contributed by atoms with Crippen LogP contribution in [-0.2, 0) is 32.7 Å². The molecule has 0 saturated heterocycles. The number of phosphoric acid groups is 1. The minimum absolute atomic E-state index is 0.0361. The number of ether oxygens (including phenoxy) is 2. The van der Waals surface area contributed by atoms with E-state index in [1.54, 1.807) is 0 Å². The van der Waals surface area contributed by atoms with Gasteiger partial charge in [0.25, 0.3) is 7.82 Å². The van der Waals surface area contributed by atoms with Crippen LogP contribution in [0.4, 0.5) is 0 Å². The molecule has 0 fully saturated rings. The molecule has 0 N–H and O–H groups in total. The van der Waals surface area contributed by atoms with Gasteiger partial charge in [-0.1, -0.05) is 63.5 Å². The Morgan fingerprint density at radius 1 is 0.750 bits per heavy atom. The average molecular weight is 590 g/mol. The summed E-state index contributed by atoms with van der Waals surface area (Å²) in [7, 11) is 1.14. The monoisotopic (exact) mass is 589 g/mol. The number of carbonyl (C=O) groups excluding carboxylic acids is 2. The first-order valence-corrected chi connectivity index (χ1v) is 16.4. The Morgan fingerprint density at radius 2 is 1.23 bits per heavy atom. The Labute approximate surface area is 243 Å². The van der Waals surface area contributed by atoms with Crippen LogP contribution in [0.3, 0.4) is 0 Å². The predicted octanol–water partition coefficient (Wildman–Crippen LogP) is 6.26. The summed E-state index contributed by atoms with van der Waals surface area (Å²) in [6, 6.07) is 0. The van der Waals surface area contributed by atoms with Gasteiger partial charge < -0.3 is 27.9 Å². The van der Waals surface area contributed by atoms with Crippen molar-refractivity contribution < 1.29 is 42.1 Å². The van der Waals surface area contributed by atoms with Crippen molar-refractivity contribution in [3.63, 3.8) is 0 Å². The number of hydrogen-bond donors (Lipinski definition) is 0. The highest BCUT2D eigenvalue weighted by Gasteiger charge is 2.21. The van der Waals surface area contributed by atoms with Crippen LogP contribution in [0.15, 0.2) is 25.3 Å². The minimum Gasteiger partial charge on any atom is -0.756 e. The van der Waals surface area contributed by atoms with Crippen molar-refractivity contribution in [3.8, 4) is 0 Å². The van der Waals surface area contributed by atoms with Gasteiger partial charge in [-0.3, -0.25) is 14.2 Å². The molecule has 0 aromatic rings. The molecule has 10 heteroatoms. The third-order valence-electron chi connectivity index (χ3n) is 6.24. The Morgan fingerprint density at radius 3 is 1.73 bits per heavy atom. The second-order valence-electron chi connectivity index (χ2n) is 11.3. The van der Waals surface area contributed by atoms with E-state index >= 15 is 0 Å². The number of nitrogens with zero attached hydrogens (tertiary/aromatic N) is 1. The summed E-state index contributed by atoms with van der Waals surface area (Å²) in [5.74, 6) is -0.881. The van der Waals surface area contributed by atoms with Crippen LogP contribution in [-0.4, -0.2) is 70.0 Å². The summed E-state index contributed by atoms with van der Waals surface area (Å²) in [5, 5.41) is 0. The van der Waals surface area contributed by atoms with Gasteiger partial charge in [0, 0.05) is 12.8 Å². The third-order valence-corrected chi connectivity index (χ3v) is 7.20. The maximum Gasteiger partial charge on any atom is 0.306 e. The molecule has 0 heterocycles. The number of carbonyl (C=O) groups is 2. The molecule has 0 aromatic heterocycles. The second-order valence-corrected chi connectivity index (χ2v) is 12.7. The van der Waals surface area contributed by atoms with E-state index < -0.39 is 32.5 Å². The van der Waals surface area contributed by atoms with Crippen LogP contribution in [0.2, 0.25) is 0 Å². The number of unbranched alkanes of at least 4 members (excludes halogenated alkanes) is 12. The molecule has 2 atom stereocenters. The molecule has 2 unspecified atom stereocenters. The third kappa shape index (κ3) is 26.7.